The summed E-state index contributed by atoms with van der Waals surface area (Å²) < 4.78 is 11.5. The molecule has 0 spiro atoms. The van der Waals surface area contributed by atoms with Gasteiger partial charge in [-0.05, 0) is 12.3 Å². The van der Waals surface area contributed by atoms with Crippen molar-refractivity contribution in [3.05, 3.63) is 0 Å². The molecule has 0 aromatic rings. The van der Waals surface area contributed by atoms with Crippen LogP contribution in [0.2, 0.25) is 0 Å². The molecule has 2 atom stereocenters. The van der Waals surface area contributed by atoms with Crippen molar-refractivity contribution in [1.82, 2.24) is 10.2 Å². The predicted molar refractivity (Wildman–Crippen MR) is 76.1 cm³/mol. The Morgan fingerprint density at radius 2 is 2.11 bits per heavy atom. The van der Waals surface area contributed by atoms with E-state index in [9.17, 15) is 13.8 Å². The summed E-state index contributed by atoms with van der Waals surface area (Å²) >= 11 is 0. The first-order valence-electron chi connectivity index (χ1n) is 6.87. The van der Waals surface area contributed by atoms with Crippen LogP contribution in [0, 0.1) is 5.92 Å². The lowest BCUT2D eigenvalue weighted by Gasteiger charge is -2.24. The van der Waals surface area contributed by atoms with Gasteiger partial charge in [0.25, 0.3) is 0 Å². The molecule has 0 aromatic heterocycles. The van der Waals surface area contributed by atoms with Gasteiger partial charge in [0.05, 0.1) is 0 Å². The van der Waals surface area contributed by atoms with Gasteiger partial charge < -0.3 is 10.2 Å². The quantitative estimate of drug-likeness (QED) is 0.775. The maximum absolute atomic E-state index is 12.3. The number of rotatable bonds is 6. The summed E-state index contributed by atoms with van der Waals surface area (Å²) in [4.78, 5) is 25.6. The van der Waals surface area contributed by atoms with Gasteiger partial charge in [-0.15, -0.1) is 0 Å². The second-order valence-electron chi connectivity index (χ2n) is 5.26. The lowest BCUT2D eigenvalue weighted by Crippen LogP contribution is -2.46. The van der Waals surface area contributed by atoms with Crippen LogP contribution in [0.3, 0.4) is 0 Å². The van der Waals surface area contributed by atoms with Crippen molar-refractivity contribution >= 4 is 22.6 Å². The van der Waals surface area contributed by atoms with Gasteiger partial charge in [-0.1, -0.05) is 20.8 Å². The molecule has 1 fully saturated rings. The molecule has 0 saturated carbocycles. The smallest absolute Gasteiger partial charge is 0.245 e. The lowest BCUT2D eigenvalue weighted by molar-refractivity contribution is -0.133. The summed E-state index contributed by atoms with van der Waals surface area (Å²) in [5, 5.41) is 2.79. The van der Waals surface area contributed by atoms with Crippen molar-refractivity contribution in [2.75, 3.05) is 24.6 Å². The molecule has 0 bridgehead atoms. The molecule has 1 aliphatic rings. The van der Waals surface area contributed by atoms with Crippen LogP contribution in [0.15, 0.2) is 0 Å². The van der Waals surface area contributed by atoms with Gasteiger partial charge in [0.2, 0.25) is 11.8 Å². The van der Waals surface area contributed by atoms with Crippen molar-refractivity contribution in [3.8, 4) is 0 Å². The van der Waals surface area contributed by atoms with E-state index in [0.29, 0.717) is 43.4 Å². The van der Waals surface area contributed by atoms with E-state index in [1.807, 2.05) is 20.8 Å². The molecular weight excluding hydrogens is 264 g/mol. The number of hydrogen-bond acceptors (Lipinski definition) is 3. The molecule has 5 nitrogen and oxygen atoms in total. The van der Waals surface area contributed by atoms with E-state index >= 15 is 0 Å². The van der Waals surface area contributed by atoms with E-state index in [1.165, 1.54) is 0 Å². The highest BCUT2D eigenvalue weighted by molar-refractivity contribution is 7.84. The molecule has 6 heteroatoms. The van der Waals surface area contributed by atoms with E-state index < -0.39 is 16.8 Å². The highest BCUT2D eigenvalue weighted by Gasteiger charge is 2.30. The van der Waals surface area contributed by atoms with Gasteiger partial charge in [0.15, 0.2) is 0 Å². The van der Waals surface area contributed by atoms with Crippen LogP contribution in [-0.4, -0.2) is 51.6 Å². The second-order valence-corrected chi connectivity index (χ2v) is 7.12. The minimum Gasteiger partial charge on any atom is -0.344 e. The number of carbonyl (C=O) groups excluding carboxylic acids is 2. The summed E-state index contributed by atoms with van der Waals surface area (Å²) in [6.45, 7) is 6.83. The number of nitrogens with one attached hydrogen (secondary N) is 1. The highest BCUT2D eigenvalue weighted by atomic mass is 32.2. The first kappa shape index (κ1) is 16.1. The maximum Gasteiger partial charge on any atom is 0.245 e. The Morgan fingerprint density at radius 1 is 1.42 bits per heavy atom. The second kappa shape index (κ2) is 7.62. The average Bonchev–Trinajstić information content (AvgIpc) is 2.47. The number of amides is 2. The van der Waals surface area contributed by atoms with Gasteiger partial charge in [0, 0.05) is 41.8 Å². The molecule has 19 heavy (non-hydrogen) atoms. The summed E-state index contributed by atoms with van der Waals surface area (Å²) in [6.07, 6.45) is 0.983. The number of carbonyl (C=O) groups is 2. The third-order valence-corrected chi connectivity index (χ3v) is 4.45. The third kappa shape index (κ3) is 5.30. The van der Waals surface area contributed by atoms with Crippen LogP contribution in [0.25, 0.3) is 0 Å². The third-order valence-electron chi connectivity index (χ3n) is 3.17. The summed E-state index contributed by atoms with van der Waals surface area (Å²) in [5.74, 6) is 1.34. The molecular formula is C13H24N2O3S. The summed E-state index contributed by atoms with van der Waals surface area (Å²) in [6, 6.07) is -0.426. The molecule has 2 amide bonds. The molecule has 2 unspecified atom stereocenters. The first-order chi connectivity index (χ1) is 8.93. The SMILES string of the molecule is CCS(=O)CCN1CCC(=O)NC(CC(C)C)C1=O. The standard InChI is InChI=1S/C13H24N2O3S/c1-4-19(18)8-7-15-6-5-12(16)14-11(13(15)17)9-10(2)3/h10-11H,4-9H2,1-3H3,(H,14,16). The molecule has 1 rings (SSSR count). The normalized spacial score (nSPS) is 22.3. The Labute approximate surface area is 117 Å². The Hall–Kier alpha value is -0.910. The molecule has 1 aliphatic heterocycles. The molecule has 0 aromatic carbocycles. The zero-order valence-electron chi connectivity index (χ0n) is 12.0. The van der Waals surface area contributed by atoms with Gasteiger partial charge in [0.1, 0.15) is 6.04 Å². The Balaban J connectivity index is 2.66. The summed E-state index contributed by atoms with van der Waals surface area (Å²) in [5.41, 5.74) is 0. The summed E-state index contributed by atoms with van der Waals surface area (Å²) in [7, 11) is -0.879. The average molecular weight is 288 g/mol. The van der Waals surface area contributed by atoms with E-state index in [2.05, 4.69) is 5.32 Å². The molecule has 110 valence electrons. The highest BCUT2D eigenvalue weighted by Crippen LogP contribution is 2.11. The monoisotopic (exact) mass is 288 g/mol. The van der Waals surface area contributed by atoms with E-state index in [0.717, 1.165) is 0 Å². The van der Waals surface area contributed by atoms with Crippen molar-refractivity contribution in [3.63, 3.8) is 0 Å². The minimum absolute atomic E-state index is 0.0346. The van der Waals surface area contributed by atoms with Crippen LogP contribution >= 0.6 is 0 Å². The van der Waals surface area contributed by atoms with Gasteiger partial charge in [-0.3, -0.25) is 13.8 Å². The van der Waals surface area contributed by atoms with Crippen molar-refractivity contribution in [2.45, 2.75) is 39.7 Å². The van der Waals surface area contributed by atoms with E-state index in [1.54, 1.807) is 4.90 Å². The first-order valence-corrected chi connectivity index (χ1v) is 8.36. The van der Waals surface area contributed by atoms with Crippen LogP contribution < -0.4 is 5.32 Å². The van der Waals surface area contributed by atoms with Gasteiger partial charge >= 0.3 is 0 Å². The molecule has 0 radical (unpaired) electrons. The van der Waals surface area contributed by atoms with Crippen LogP contribution in [-0.2, 0) is 20.4 Å². The fourth-order valence-corrected chi connectivity index (χ4v) is 2.82. The van der Waals surface area contributed by atoms with Crippen LogP contribution in [0.5, 0.6) is 0 Å². The Kier molecular flexibility index (Phi) is 6.48. The van der Waals surface area contributed by atoms with E-state index in [4.69, 9.17) is 0 Å². The molecule has 1 N–H and O–H groups in total. The van der Waals surface area contributed by atoms with Gasteiger partial charge in [-0.25, -0.2) is 0 Å². The number of nitrogens with zero attached hydrogens (tertiary/aromatic N) is 1. The predicted octanol–water partition coefficient (Wildman–Crippen LogP) is 0.518. The zero-order valence-corrected chi connectivity index (χ0v) is 12.8. The molecule has 0 aliphatic carbocycles. The maximum atomic E-state index is 12.3. The van der Waals surface area contributed by atoms with Gasteiger partial charge in [-0.2, -0.15) is 0 Å². The van der Waals surface area contributed by atoms with Crippen LogP contribution in [0.4, 0.5) is 0 Å². The fraction of sp³-hybridized carbons (Fsp3) is 0.846. The van der Waals surface area contributed by atoms with E-state index in [-0.39, 0.29) is 11.8 Å². The minimum atomic E-state index is -0.879. The van der Waals surface area contributed by atoms with Crippen molar-refractivity contribution in [2.24, 2.45) is 5.92 Å². The molecule has 1 heterocycles. The topological polar surface area (TPSA) is 66.5 Å². The Morgan fingerprint density at radius 3 is 2.68 bits per heavy atom. The fourth-order valence-electron chi connectivity index (χ4n) is 2.10. The number of hydrogen-bond donors (Lipinski definition) is 1. The largest absolute Gasteiger partial charge is 0.344 e. The molecule has 1 saturated heterocycles. The van der Waals surface area contributed by atoms with Crippen molar-refractivity contribution in [1.29, 1.82) is 0 Å². The zero-order chi connectivity index (χ0) is 14.4. The Bertz CT molecular complexity index is 358. The van der Waals surface area contributed by atoms with Crippen LogP contribution in [0.1, 0.15) is 33.6 Å². The lowest BCUT2D eigenvalue weighted by atomic mass is 10.0. The van der Waals surface area contributed by atoms with Crippen molar-refractivity contribution < 1.29 is 13.8 Å².